The molecule has 0 saturated heterocycles. The SMILES string of the molecule is CCCCOc1cc(N)nc(SC)n1. The third kappa shape index (κ3) is 3.41. The number of aromatic nitrogens is 2. The highest BCUT2D eigenvalue weighted by Gasteiger charge is 2.01. The summed E-state index contributed by atoms with van der Waals surface area (Å²) >= 11 is 1.45. The molecule has 0 aromatic carbocycles. The third-order valence-corrected chi connectivity index (χ3v) is 2.18. The van der Waals surface area contributed by atoms with Gasteiger partial charge >= 0.3 is 0 Å². The molecule has 1 rings (SSSR count). The summed E-state index contributed by atoms with van der Waals surface area (Å²) in [6, 6.07) is 1.65. The number of hydrogen-bond acceptors (Lipinski definition) is 5. The first kappa shape index (κ1) is 11.1. The Kier molecular flexibility index (Phi) is 4.52. The van der Waals surface area contributed by atoms with Gasteiger partial charge in [0, 0.05) is 6.07 Å². The van der Waals surface area contributed by atoms with Gasteiger partial charge < -0.3 is 10.5 Å². The van der Waals surface area contributed by atoms with Crippen LogP contribution >= 0.6 is 11.8 Å². The molecule has 14 heavy (non-hydrogen) atoms. The Morgan fingerprint density at radius 2 is 2.29 bits per heavy atom. The van der Waals surface area contributed by atoms with Gasteiger partial charge in [-0.05, 0) is 12.7 Å². The van der Waals surface area contributed by atoms with E-state index < -0.39 is 0 Å². The van der Waals surface area contributed by atoms with E-state index in [2.05, 4.69) is 16.9 Å². The maximum Gasteiger partial charge on any atom is 0.219 e. The summed E-state index contributed by atoms with van der Waals surface area (Å²) in [5.74, 6) is 1.02. The largest absolute Gasteiger partial charge is 0.478 e. The zero-order valence-corrected chi connectivity index (χ0v) is 9.30. The fourth-order valence-electron chi connectivity index (χ4n) is 0.907. The first-order valence-electron chi connectivity index (χ1n) is 4.57. The molecule has 78 valence electrons. The number of hydrogen-bond donors (Lipinski definition) is 1. The van der Waals surface area contributed by atoms with Gasteiger partial charge in [-0.15, -0.1) is 0 Å². The standard InChI is InChI=1S/C9H15N3OS/c1-3-4-5-13-8-6-7(10)11-9(12-8)14-2/h6H,3-5H2,1-2H3,(H2,10,11,12). The van der Waals surface area contributed by atoms with Crippen LogP contribution in [0.4, 0.5) is 5.82 Å². The van der Waals surface area contributed by atoms with Crippen LogP contribution in [0.1, 0.15) is 19.8 Å². The van der Waals surface area contributed by atoms with Crippen molar-refractivity contribution < 1.29 is 4.74 Å². The molecule has 2 N–H and O–H groups in total. The molecule has 0 saturated carbocycles. The number of unbranched alkanes of at least 4 members (excludes halogenated alkanes) is 1. The van der Waals surface area contributed by atoms with Crippen molar-refractivity contribution in [3.8, 4) is 5.88 Å². The van der Waals surface area contributed by atoms with Crippen molar-refractivity contribution in [3.05, 3.63) is 6.07 Å². The summed E-state index contributed by atoms with van der Waals surface area (Å²) in [6.45, 7) is 2.80. The molecule has 1 heterocycles. The van der Waals surface area contributed by atoms with Gasteiger partial charge in [-0.2, -0.15) is 4.98 Å². The minimum Gasteiger partial charge on any atom is -0.478 e. The van der Waals surface area contributed by atoms with Crippen molar-refractivity contribution in [2.75, 3.05) is 18.6 Å². The predicted molar refractivity (Wildman–Crippen MR) is 58.6 cm³/mol. The monoisotopic (exact) mass is 213 g/mol. The van der Waals surface area contributed by atoms with Crippen LogP contribution in [0.2, 0.25) is 0 Å². The highest BCUT2D eigenvalue weighted by atomic mass is 32.2. The van der Waals surface area contributed by atoms with Crippen molar-refractivity contribution >= 4 is 17.6 Å². The fourth-order valence-corrected chi connectivity index (χ4v) is 1.29. The van der Waals surface area contributed by atoms with Gasteiger partial charge in [0.1, 0.15) is 5.82 Å². The Morgan fingerprint density at radius 3 is 2.93 bits per heavy atom. The summed E-state index contributed by atoms with van der Waals surface area (Å²) in [5, 5.41) is 0.650. The highest BCUT2D eigenvalue weighted by Crippen LogP contribution is 2.16. The molecule has 0 spiro atoms. The van der Waals surface area contributed by atoms with E-state index >= 15 is 0 Å². The molecule has 0 aliphatic heterocycles. The first-order valence-corrected chi connectivity index (χ1v) is 5.80. The average Bonchev–Trinajstić information content (AvgIpc) is 2.17. The molecular weight excluding hydrogens is 198 g/mol. The zero-order chi connectivity index (χ0) is 10.4. The lowest BCUT2D eigenvalue weighted by Gasteiger charge is -2.05. The lowest BCUT2D eigenvalue weighted by Crippen LogP contribution is -2.02. The van der Waals surface area contributed by atoms with E-state index in [9.17, 15) is 0 Å². The second-order valence-corrected chi connectivity index (χ2v) is 3.59. The van der Waals surface area contributed by atoms with Gasteiger partial charge in [0.2, 0.25) is 5.88 Å². The lowest BCUT2D eigenvalue weighted by molar-refractivity contribution is 0.295. The quantitative estimate of drug-likeness (QED) is 0.460. The predicted octanol–water partition coefficient (Wildman–Crippen LogP) is 1.96. The second-order valence-electron chi connectivity index (χ2n) is 2.82. The van der Waals surface area contributed by atoms with Gasteiger partial charge in [0.25, 0.3) is 0 Å². The van der Waals surface area contributed by atoms with E-state index in [1.165, 1.54) is 11.8 Å². The summed E-state index contributed by atoms with van der Waals surface area (Å²) < 4.78 is 5.43. The molecule has 4 nitrogen and oxygen atoms in total. The Bertz CT molecular complexity index is 293. The smallest absolute Gasteiger partial charge is 0.219 e. The van der Waals surface area contributed by atoms with Crippen LogP contribution in [0.5, 0.6) is 5.88 Å². The number of nitrogens with two attached hydrogens (primary N) is 1. The van der Waals surface area contributed by atoms with Gasteiger partial charge in [-0.1, -0.05) is 25.1 Å². The number of rotatable bonds is 5. The van der Waals surface area contributed by atoms with Crippen LogP contribution in [0.3, 0.4) is 0 Å². The molecule has 0 bridgehead atoms. The summed E-state index contributed by atoms with van der Waals surface area (Å²) in [6.07, 6.45) is 4.04. The molecule has 0 radical (unpaired) electrons. The van der Waals surface area contributed by atoms with E-state index in [-0.39, 0.29) is 0 Å². The highest BCUT2D eigenvalue weighted by molar-refractivity contribution is 7.98. The second kappa shape index (κ2) is 5.70. The van der Waals surface area contributed by atoms with Crippen molar-refractivity contribution in [3.63, 3.8) is 0 Å². The number of anilines is 1. The Hall–Kier alpha value is -0.970. The summed E-state index contributed by atoms with van der Waals surface area (Å²) in [4.78, 5) is 8.20. The van der Waals surface area contributed by atoms with E-state index in [1.54, 1.807) is 6.07 Å². The van der Waals surface area contributed by atoms with E-state index in [1.807, 2.05) is 6.26 Å². The van der Waals surface area contributed by atoms with Crippen molar-refractivity contribution in [2.24, 2.45) is 0 Å². The Balaban J connectivity index is 2.62. The molecular formula is C9H15N3OS. The minimum absolute atomic E-state index is 0.454. The number of ether oxygens (including phenoxy) is 1. The molecule has 0 aliphatic carbocycles. The fraction of sp³-hybridized carbons (Fsp3) is 0.556. The number of nitrogen functional groups attached to an aromatic ring is 1. The van der Waals surface area contributed by atoms with Crippen molar-refractivity contribution in [1.82, 2.24) is 9.97 Å². The lowest BCUT2D eigenvalue weighted by atomic mass is 10.4. The van der Waals surface area contributed by atoms with Crippen LogP contribution in [-0.4, -0.2) is 22.8 Å². The third-order valence-electron chi connectivity index (χ3n) is 1.63. The molecule has 0 fully saturated rings. The van der Waals surface area contributed by atoms with Crippen LogP contribution in [0.15, 0.2) is 11.2 Å². The van der Waals surface area contributed by atoms with Gasteiger partial charge in [0.05, 0.1) is 6.61 Å². The topological polar surface area (TPSA) is 61.0 Å². The minimum atomic E-state index is 0.454. The summed E-state index contributed by atoms with van der Waals surface area (Å²) in [7, 11) is 0. The molecule has 0 amide bonds. The summed E-state index contributed by atoms with van der Waals surface area (Å²) in [5.41, 5.74) is 5.59. The number of nitrogens with zero attached hydrogens (tertiary/aromatic N) is 2. The van der Waals surface area contributed by atoms with E-state index in [0.717, 1.165) is 12.8 Å². The van der Waals surface area contributed by atoms with Gasteiger partial charge in [0.15, 0.2) is 5.16 Å². The normalized spacial score (nSPS) is 10.1. The molecule has 1 aromatic heterocycles. The molecule has 0 unspecified atom stereocenters. The Morgan fingerprint density at radius 1 is 1.50 bits per heavy atom. The van der Waals surface area contributed by atoms with Crippen LogP contribution < -0.4 is 10.5 Å². The van der Waals surface area contributed by atoms with Gasteiger partial charge in [-0.3, -0.25) is 0 Å². The van der Waals surface area contributed by atoms with Crippen molar-refractivity contribution in [2.45, 2.75) is 24.9 Å². The van der Waals surface area contributed by atoms with Crippen molar-refractivity contribution in [1.29, 1.82) is 0 Å². The first-order chi connectivity index (χ1) is 6.76. The van der Waals surface area contributed by atoms with E-state index in [0.29, 0.717) is 23.5 Å². The maximum atomic E-state index is 5.59. The van der Waals surface area contributed by atoms with Crippen LogP contribution in [0, 0.1) is 0 Å². The molecule has 0 atom stereocenters. The van der Waals surface area contributed by atoms with Crippen LogP contribution in [-0.2, 0) is 0 Å². The van der Waals surface area contributed by atoms with E-state index in [4.69, 9.17) is 10.5 Å². The molecule has 0 aliphatic rings. The number of thioether (sulfide) groups is 1. The molecule has 5 heteroatoms. The molecule has 1 aromatic rings. The average molecular weight is 213 g/mol. The maximum absolute atomic E-state index is 5.59. The Labute approximate surface area is 88.3 Å². The van der Waals surface area contributed by atoms with Gasteiger partial charge in [-0.25, -0.2) is 4.98 Å². The van der Waals surface area contributed by atoms with Crippen LogP contribution in [0.25, 0.3) is 0 Å². The zero-order valence-electron chi connectivity index (χ0n) is 8.49.